The van der Waals surface area contributed by atoms with Gasteiger partial charge in [0.15, 0.2) is 5.65 Å². The highest BCUT2D eigenvalue weighted by molar-refractivity contribution is 9.10. The van der Waals surface area contributed by atoms with Gasteiger partial charge in [0.05, 0.1) is 5.39 Å². The van der Waals surface area contributed by atoms with Gasteiger partial charge in [-0.05, 0) is 49.7 Å². The first-order valence-electron chi connectivity index (χ1n) is 8.06. The fourth-order valence-corrected chi connectivity index (χ4v) is 3.49. The van der Waals surface area contributed by atoms with Gasteiger partial charge in [0.1, 0.15) is 12.1 Å². The van der Waals surface area contributed by atoms with Crippen LogP contribution < -0.4 is 5.32 Å². The number of halogens is 1. The molecule has 5 heteroatoms. The van der Waals surface area contributed by atoms with E-state index in [1.807, 2.05) is 42.5 Å². The molecule has 1 N–H and O–H groups in total. The molecule has 0 aliphatic carbocycles. The standard InChI is InChI=1S/C20H17BrN4/c1-13-14(2)25(17-9-4-3-5-10-17)20-18(13)19(22-12-23-20)24-16-8-6-7-15(21)11-16/h3-12H,1-2H3,(H,22,23,24). The van der Waals surface area contributed by atoms with Crippen LogP contribution >= 0.6 is 15.9 Å². The highest BCUT2D eigenvalue weighted by atomic mass is 79.9. The summed E-state index contributed by atoms with van der Waals surface area (Å²) in [7, 11) is 0. The number of nitrogens with one attached hydrogen (secondary N) is 1. The van der Waals surface area contributed by atoms with E-state index in [1.54, 1.807) is 6.33 Å². The molecule has 0 radical (unpaired) electrons. The molecular formula is C20H17BrN4. The molecular weight excluding hydrogens is 376 g/mol. The van der Waals surface area contributed by atoms with Crippen molar-refractivity contribution in [2.75, 3.05) is 5.32 Å². The Hall–Kier alpha value is -2.66. The number of hydrogen-bond donors (Lipinski definition) is 1. The SMILES string of the molecule is Cc1c(C)n(-c2ccccc2)c2ncnc(Nc3cccc(Br)c3)c12. The van der Waals surface area contributed by atoms with Crippen molar-refractivity contribution in [3.8, 4) is 5.69 Å². The fourth-order valence-electron chi connectivity index (χ4n) is 3.09. The van der Waals surface area contributed by atoms with Gasteiger partial charge in [0.2, 0.25) is 0 Å². The van der Waals surface area contributed by atoms with Gasteiger partial charge in [-0.25, -0.2) is 9.97 Å². The molecule has 4 rings (SSSR count). The van der Waals surface area contributed by atoms with Crippen molar-refractivity contribution in [3.63, 3.8) is 0 Å². The molecule has 0 amide bonds. The highest BCUT2D eigenvalue weighted by Gasteiger charge is 2.17. The summed E-state index contributed by atoms with van der Waals surface area (Å²) in [5, 5.41) is 4.47. The van der Waals surface area contributed by atoms with Crippen LogP contribution in [0.1, 0.15) is 11.3 Å². The van der Waals surface area contributed by atoms with Crippen molar-refractivity contribution >= 4 is 38.5 Å². The second-order valence-electron chi connectivity index (χ2n) is 5.94. The number of aromatic nitrogens is 3. The maximum absolute atomic E-state index is 4.56. The van der Waals surface area contributed by atoms with Crippen LogP contribution in [-0.4, -0.2) is 14.5 Å². The summed E-state index contributed by atoms with van der Waals surface area (Å²) in [6.07, 6.45) is 1.61. The van der Waals surface area contributed by atoms with Gasteiger partial charge in [-0.15, -0.1) is 0 Å². The molecule has 0 unspecified atom stereocenters. The van der Waals surface area contributed by atoms with Crippen LogP contribution in [0.5, 0.6) is 0 Å². The van der Waals surface area contributed by atoms with Gasteiger partial charge in [0, 0.05) is 21.5 Å². The monoisotopic (exact) mass is 392 g/mol. The Morgan fingerprint density at radius 3 is 2.52 bits per heavy atom. The van der Waals surface area contributed by atoms with E-state index in [-0.39, 0.29) is 0 Å². The summed E-state index contributed by atoms with van der Waals surface area (Å²) in [5.41, 5.74) is 5.34. The van der Waals surface area contributed by atoms with E-state index in [0.717, 1.165) is 32.7 Å². The van der Waals surface area contributed by atoms with Gasteiger partial charge >= 0.3 is 0 Å². The fraction of sp³-hybridized carbons (Fsp3) is 0.100. The second-order valence-corrected chi connectivity index (χ2v) is 6.85. The summed E-state index contributed by atoms with van der Waals surface area (Å²) in [4.78, 5) is 9.05. The summed E-state index contributed by atoms with van der Waals surface area (Å²) >= 11 is 3.51. The van der Waals surface area contributed by atoms with Gasteiger partial charge in [-0.3, -0.25) is 4.57 Å². The number of hydrogen-bond acceptors (Lipinski definition) is 3. The van der Waals surface area contributed by atoms with E-state index in [0.29, 0.717) is 0 Å². The Morgan fingerprint density at radius 1 is 0.960 bits per heavy atom. The smallest absolute Gasteiger partial charge is 0.150 e. The lowest BCUT2D eigenvalue weighted by atomic mass is 10.2. The van der Waals surface area contributed by atoms with Crippen LogP contribution in [0, 0.1) is 13.8 Å². The summed E-state index contributed by atoms with van der Waals surface area (Å²) in [5.74, 6) is 0.818. The molecule has 0 aliphatic rings. The van der Waals surface area contributed by atoms with Crippen LogP contribution in [0.15, 0.2) is 65.4 Å². The summed E-state index contributed by atoms with van der Waals surface area (Å²) < 4.78 is 3.20. The number of benzene rings is 2. The Morgan fingerprint density at radius 2 is 1.76 bits per heavy atom. The molecule has 4 aromatic rings. The second kappa shape index (κ2) is 6.33. The molecule has 2 aromatic heterocycles. The number of aryl methyl sites for hydroxylation is 1. The van der Waals surface area contributed by atoms with Crippen molar-refractivity contribution in [2.45, 2.75) is 13.8 Å². The van der Waals surface area contributed by atoms with E-state index >= 15 is 0 Å². The zero-order valence-electron chi connectivity index (χ0n) is 14.0. The minimum absolute atomic E-state index is 0.818. The van der Waals surface area contributed by atoms with Gasteiger partial charge in [-0.1, -0.05) is 40.2 Å². The van der Waals surface area contributed by atoms with E-state index in [4.69, 9.17) is 0 Å². The van der Waals surface area contributed by atoms with Gasteiger partial charge in [0.25, 0.3) is 0 Å². The molecule has 0 fully saturated rings. The van der Waals surface area contributed by atoms with Crippen molar-refractivity contribution in [3.05, 3.63) is 76.7 Å². The third-order valence-electron chi connectivity index (χ3n) is 4.39. The van der Waals surface area contributed by atoms with Crippen LogP contribution in [0.25, 0.3) is 16.7 Å². The molecule has 0 saturated carbocycles. The molecule has 2 heterocycles. The first-order chi connectivity index (χ1) is 12.1. The Balaban J connectivity index is 1.91. The lowest BCUT2D eigenvalue weighted by molar-refractivity contribution is 1.01. The summed E-state index contributed by atoms with van der Waals surface area (Å²) in [6.45, 7) is 4.24. The van der Waals surface area contributed by atoms with E-state index < -0.39 is 0 Å². The quantitative estimate of drug-likeness (QED) is 0.497. The van der Waals surface area contributed by atoms with Crippen molar-refractivity contribution in [1.82, 2.24) is 14.5 Å². The molecule has 124 valence electrons. The minimum Gasteiger partial charge on any atom is -0.340 e. The van der Waals surface area contributed by atoms with E-state index in [2.05, 4.69) is 61.8 Å². The molecule has 0 bridgehead atoms. The average Bonchev–Trinajstić information content (AvgIpc) is 2.88. The normalized spacial score (nSPS) is 11.0. The van der Waals surface area contributed by atoms with Crippen LogP contribution in [-0.2, 0) is 0 Å². The maximum Gasteiger partial charge on any atom is 0.150 e. The first kappa shape index (κ1) is 15.8. The molecule has 4 nitrogen and oxygen atoms in total. The van der Waals surface area contributed by atoms with Crippen LogP contribution in [0.3, 0.4) is 0 Å². The van der Waals surface area contributed by atoms with Crippen molar-refractivity contribution in [2.24, 2.45) is 0 Å². The zero-order chi connectivity index (χ0) is 17.4. The lowest BCUT2D eigenvalue weighted by Gasteiger charge is -2.09. The third kappa shape index (κ3) is 2.81. The van der Waals surface area contributed by atoms with Crippen LogP contribution in [0.2, 0.25) is 0 Å². The number of para-hydroxylation sites is 1. The number of rotatable bonds is 3. The first-order valence-corrected chi connectivity index (χ1v) is 8.85. The lowest BCUT2D eigenvalue weighted by Crippen LogP contribution is -1.99. The zero-order valence-corrected chi connectivity index (χ0v) is 15.6. The Bertz CT molecular complexity index is 1050. The molecule has 2 aromatic carbocycles. The predicted molar refractivity (Wildman–Crippen MR) is 106 cm³/mol. The van der Waals surface area contributed by atoms with E-state index in [9.17, 15) is 0 Å². The molecule has 0 saturated heterocycles. The topological polar surface area (TPSA) is 42.7 Å². The molecule has 0 atom stereocenters. The van der Waals surface area contributed by atoms with Crippen molar-refractivity contribution in [1.29, 1.82) is 0 Å². The van der Waals surface area contributed by atoms with Gasteiger partial charge in [-0.2, -0.15) is 0 Å². The number of anilines is 2. The van der Waals surface area contributed by atoms with Gasteiger partial charge < -0.3 is 5.32 Å². The molecule has 25 heavy (non-hydrogen) atoms. The Kier molecular flexibility index (Phi) is 4.01. The molecule has 0 spiro atoms. The van der Waals surface area contributed by atoms with E-state index in [1.165, 1.54) is 11.3 Å². The van der Waals surface area contributed by atoms with Crippen molar-refractivity contribution < 1.29 is 0 Å². The number of nitrogens with zero attached hydrogens (tertiary/aromatic N) is 3. The maximum atomic E-state index is 4.56. The van der Waals surface area contributed by atoms with Crippen LogP contribution in [0.4, 0.5) is 11.5 Å². The minimum atomic E-state index is 0.818. The summed E-state index contributed by atoms with van der Waals surface area (Å²) in [6, 6.07) is 18.3. The third-order valence-corrected chi connectivity index (χ3v) is 4.89. The predicted octanol–water partition coefficient (Wildman–Crippen LogP) is 5.54. The molecule has 0 aliphatic heterocycles. The highest BCUT2D eigenvalue weighted by Crippen LogP contribution is 2.32. The Labute approximate surface area is 154 Å². The largest absolute Gasteiger partial charge is 0.340 e. The average molecular weight is 393 g/mol. The number of fused-ring (bicyclic) bond motifs is 1.